The molecule has 1 aliphatic heterocycles. The van der Waals surface area contributed by atoms with Gasteiger partial charge in [-0.1, -0.05) is 12.5 Å². The highest BCUT2D eigenvalue weighted by Gasteiger charge is 2.14. The Morgan fingerprint density at radius 3 is 2.76 bits per heavy atom. The molecule has 1 aromatic heterocycles. The van der Waals surface area contributed by atoms with Gasteiger partial charge in [-0.3, -0.25) is 0 Å². The Morgan fingerprint density at radius 2 is 2.00 bits per heavy atom. The van der Waals surface area contributed by atoms with Gasteiger partial charge in [-0.15, -0.1) is 0 Å². The summed E-state index contributed by atoms with van der Waals surface area (Å²) in [6.07, 6.45) is 4.38. The van der Waals surface area contributed by atoms with Crippen LogP contribution >= 0.6 is 0 Å². The van der Waals surface area contributed by atoms with Crippen LogP contribution in [0.5, 0.6) is 0 Å². The summed E-state index contributed by atoms with van der Waals surface area (Å²) in [5, 5.41) is 9.03. The van der Waals surface area contributed by atoms with Crippen LogP contribution in [0, 0.1) is 18.3 Å². The van der Waals surface area contributed by atoms with E-state index in [-0.39, 0.29) is 0 Å². The Labute approximate surface area is 126 Å². The van der Waals surface area contributed by atoms with E-state index in [0.717, 1.165) is 29.9 Å². The van der Waals surface area contributed by atoms with Crippen LogP contribution in [0.2, 0.25) is 0 Å². The van der Waals surface area contributed by atoms with Crippen molar-refractivity contribution in [3.8, 4) is 6.07 Å². The molecule has 1 aliphatic rings. The molecule has 1 fully saturated rings. The number of hydrogen-bond acceptors (Lipinski definition) is 3. The SMILES string of the molecule is Cc1ccc2c(c1)nc(CC#N)n2CCN1CCCCC1. The summed E-state index contributed by atoms with van der Waals surface area (Å²) < 4.78 is 2.23. The third-order valence-electron chi connectivity index (χ3n) is 4.31. The van der Waals surface area contributed by atoms with Crippen molar-refractivity contribution in [2.45, 2.75) is 39.2 Å². The van der Waals surface area contributed by atoms with Gasteiger partial charge in [-0.2, -0.15) is 5.26 Å². The molecule has 0 radical (unpaired) electrons. The number of piperidine rings is 1. The average Bonchev–Trinajstić information content (AvgIpc) is 2.83. The number of nitrogens with zero attached hydrogens (tertiary/aromatic N) is 4. The molecule has 3 rings (SSSR count). The van der Waals surface area contributed by atoms with Gasteiger partial charge >= 0.3 is 0 Å². The van der Waals surface area contributed by atoms with Crippen molar-refractivity contribution in [3.05, 3.63) is 29.6 Å². The van der Waals surface area contributed by atoms with Crippen molar-refractivity contribution >= 4 is 11.0 Å². The normalized spacial score (nSPS) is 16.2. The molecule has 110 valence electrons. The van der Waals surface area contributed by atoms with E-state index in [2.05, 4.69) is 45.6 Å². The lowest BCUT2D eigenvalue weighted by Crippen LogP contribution is -2.32. The van der Waals surface area contributed by atoms with Crippen LogP contribution in [-0.4, -0.2) is 34.1 Å². The fourth-order valence-corrected chi connectivity index (χ4v) is 3.17. The summed E-state index contributed by atoms with van der Waals surface area (Å²) in [6, 6.07) is 8.60. The fraction of sp³-hybridized carbons (Fsp3) is 0.529. The molecule has 0 unspecified atom stereocenters. The molecule has 4 nitrogen and oxygen atoms in total. The number of aromatic nitrogens is 2. The first-order valence-corrected chi connectivity index (χ1v) is 7.83. The predicted molar refractivity (Wildman–Crippen MR) is 84.1 cm³/mol. The van der Waals surface area contributed by atoms with Gasteiger partial charge in [0.25, 0.3) is 0 Å². The topological polar surface area (TPSA) is 44.9 Å². The van der Waals surface area contributed by atoms with Crippen LogP contribution in [0.15, 0.2) is 18.2 Å². The second-order valence-corrected chi connectivity index (χ2v) is 5.91. The first-order chi connectivity index (χ1) is 10.3. The molecule has 1 saturated heterocycles. The largest absolute Gasteiger partial charge is 0.326 e. The molecule has 0 amide bonds. The molecule has 2 aromatic rings. The van der Waals surface area contributed by atoms with Gasteiger partial charge in [-0.05, 0) is 50.6 Å². The second-order valence-electron chi connectivity index (χ2n) is 5.91. The Hall–Kier alpha value is -1.86. The standard InChI is InChI=1S/C17H22N4/c1-14-5-6-16-15(13-14)19-17(7-8-18)21(16)12-11-20-9-3-2-4-10-20/h5-6,13H,2-4,7,9-12H2,1H3. The number of likely N-dealkylation sites (tertiary alicyclic amines) is 1. The third kappa shape index (κ3) is 3.08. The predicted octanol–water partition coefficient (Wildman–Crippen LogP) is 2.90. The number of imidazole rings is 1. The van der Waals surface area contributed by atoms with E-state index in [0.29, 0.717) is 6.42 Å². The van der Waals surface area contributed by atoms with Crippen LogP contribution in [0.1, 0.15) is 30.7 Å². The number of fused-ring (bicyclic) bond motifs is 1. The minimum Gasteiger partial charge on any atom is -0.326 e. The lowest BCUT2D eigenvalue weighted by molar-refractivity contribution is 0.221. The lowest BCUT2D eigenvalue weighted by atomic mass is 10.1. The van der Waals surface area contributed by atoms with Crippen LogP contribution in [0.4, 0.5) is 0 Å². The Bertz CT molecular complexity index is 659. The minimum absolute atomic E-state index is 0.383. The van der Waals surface area contributed by atoms with Crippen molar-refractivity contribution in [1.29, 1.82) is 5.26 Å². The van der Waals surface area contributed by atoms with Crippen LogP contribution in [-0.2, 0) is 13.0 Å². The maximum atomic E-state index is 9.03. The monoisotopic (exact) mass is 282 g/mol. The zero-order chi connectivity index (χ0) is 14.7. The molecule has 1 aromatic carbocycles. The van der Waals surface area contributed by atoms with Crippen molar-refractivity contribution in [1.82, 2.24) is 14.5 Å². The van der Waals surface area contributed by atoms with E-state index in [9.17, 15) is 0 Å². The van der Waals surface area contributed by atoms with Gasteiger partial charge < -0.3 is 9.47 Å². The maximum Gasteiger partial charge on any atom is 0.124 e. The van der Waals surface area contributed by atoms with Gasteiger partial charge in [0.05, 0.1) is 23.5 Å². The maximum absolute atomic E-state index is 9.03. The second kappa shape index (κ2) is 6.28. The van der Waals surface area contributed by atoms with E-state index in [1.54, 1.807) is 0 Å². The molecule has 4 heteroatoms. The number of rotatable bonds is 4. The summed E-state index contributed by atoms with van der Waals surface area (Å²) in [6.45, 7) is 6.48. The summed E-state index contributed by atoms with van der Waals surface area (Å²) in [4.78, 5) is 7.18. The van der Waals surface area contributed by atoms with Crippen molar-refractivity contribution in [3.63, 3.8) is 0 Å². The summed E-state index contributed by atoms with van der Waals surface area (Å²) in [5.41, 5.74) is 3.38. The van der Waals surface area contributed by atoms with Crippen LogP contribution < -0.4 is 0 Å². The number of aryl methyl sites for hydroxylation is 1. The first kappa shape index (κ1) is 14.1. The molecule has 21 heavy (non-hydrogen) atoms. The van der Waals surface area contributed by atoms with Crippen molar-refractivity contribution < 1.29 is 0 Å². The Balaban J connectivity index is 1.84. The molecule has 0 aliphatic carbocycles. The molecular formula is C17H22N4. The van der Waals surface area contributed by atoms with Crippen LogP contribution in [0.25, 0.3) is 11.0 Å². The van der Waals surface area contributed by atoms with Crippen LogP contribution in [0.3, 0.4) is 0 Å². The van der Waals surface area contributed by atoms with E-state index in [4.69, 9.17) is 5.26 Å². The smallest absolute Gasteiger partial charge is 0.124 e. The molecule has 0 spiro atoms. The molecule has 0 N–H and O–H groups in total. The van der Waals surface area contributed by atoms with Gasteiger partial charge in [0.2, 0.25) is 0 Å². The van der Waals surface area contributed by atoms with Gasteiger partial charge in [-0.25, -0.2) is 4.98 Å². The minimum atomic E-state index is 0.383. The van der Waals surface area contributed by atoms with Crippen molar-refractivity contribution in [2.24, 2.45) is 0 Å². The van der Waals surface area contributed by atoms with E-state index in [1.807, 2.05) is 0 Å². The molecule has 0 atom stereocenters. The number of benzene rings is 1. The zero-order valence-electron chi connectivity index (χ0n) is 12.7. The third-order valence-corrected chi connectivity index (χ3v) is 4.31. The highest BCUT2D eigenvalue weighted by Crippen LogP contribution is 2.19. The average molecular weight is 282 g/mol. The highest BCUT2D eigenvalue weighted by atomic mass is 15.2. The summed E-state index contributed by atoms with van der Waals surface area (Å²) in [7, 11) is 0. The van der Waals surface area contributed by atoms with Gasteiger partial charge in [0.1, 0.15) is 5.82 Å². The number of nitriles is 1. The van der Waals surface area contributed by atoms with E-state index in [1.165, 1.54) is 37.9 Å². The van der Waals surface area contributed by atoms with E-state index < -0.39 is 0 Å². The van der Waals surface area contributed by atoms with E-state index >= 15 is 0 Å². The first-order valence-electron chi connectivity index (χ1n) is 7.83. The molecular weight excluding hydrogens is 260 g/mol. The Morgan fingerprint density at radius 1 is 1.19 bits per heavy atom. The summed E-state index contributed by atoms with van der Waals surface area (Å²) in [5.74, 6) is 0.898. The quantitative estimate of drug-likeness (QED) is 0.866. The lowest BCUT2D eigenvalue weighted by Gasteiger charge is -2.26. The zero-order valence-corrected chi connectivity index (χ0v) is 12.7. The van der Waals surface area contributed by atoms with Gasteiger partial charge in [0, 0.05) is 13.1 Å². The highest BCUT2D eigenvalue weighted by molar-refractivity contribution is 5.77. The number of hydrogen-bond donors (Lipinski definition) is 0. The molecule has 0 bridgehead atoms. The molecule has 0 saturated carbocycles. The van der Waals surface area contributed by atoms with Gasteiger partial charge in [0.15, 0.2) is 0 Å². The summed E-state index contributed by atoms with van der Waals surface area (Å²) >= 11 is 0. The Kier molecular flexibility index (Phi) is 4.21. The molecule has 2 heterocycles. The fourth-order valence-electron chi connectivity index (χ4n) is 3.17. The van der Waals surface area contributed by atoms with Crippen molar-refractivity contribution in [2.75, 3.05) is 19.6 Å².